The fraction of sp³-hybridized carbons (Fsp3) is 0.600. The van der Waals surface area contributed by atoms with E-state index < -0.39 is 0 Å². The van der Waals surface area contributed by atoms with Crippen LogP contribution in [0.1, 0.15) is 33.6 Å². The normalized spacial score (nSPS) is 15.6. The molecule has 2 N–H and O–H groups in total. The highest BCUT2D eigenvalue weighted by atomic mass is 14.7. The molecule has 1 atom stereocenters. The van der Waals surface area contributed by atoms with Gasteiger partial charge in [0.15, 0.2) is 0 Å². The lowest BCUT2D eigenvalue weighted by Crippen LogP contribution is -2.37. The molecule has 0 saturated heterocycles. The Morgan fingerprint density at radius 1 is 1.45 bits per heavy atom. The first-order valence-electron chi connectivity index (χ1n) is 4.01. The summed E-state index contributed by atoms with van der Waals surface area (Å²) >= 11 is 0. The molecule has 0 radical (unpaired) electrons. The van der Waals surface area contributed by atoms with Crippen LogP contribution in [0.4, 0.5) is 0 Å². The van der Waals surface area contributed by atoms with Crippen molar-refractivity contribution >= 4 is 0 Å². The predicted octanol–water partition coefficient (Wildman–Crippen LogP) is 2.64. The van der Waals surface area contributed by atoms with E-state index in [1.165, 1.54) is 5.57 Å². The number of hydrogen-bond acceptors (Lipinski definition) is 1. The summed E-state index contributed by atoms with van der Waals surface area (Å²) < 4.78 is 0. The van der Waals surface area contributed by atoms with Crippen molar-refractivity contribution in [2.45, 2.75) is 39.2 Å². The molecule has 1 nitrogen and oxygen atoms in total. The molecular weight excluding hydrogens is 134 g/mol. The van der Waals surface area contributed by atoms with Crippen LogP contribution < -0.4 is 5.73 Å². The highest BCUT2D eigenvalue weighted by Crippen LogP contribution is 2.20. The largest absolute Gasteiger partial charge is 0.322 e. The Morgan fingerprint density at radius 3 is 2.18 bits per heavy atom. The van der Waals surface area contributed by atoms with Crippen molar-refractivity contribution in [1.82, 2.24) is 0 Å². The summed E-state index contributed by atoms with van der Waals surface area (Å²) in [5.41, 5.74) is 7.92. The SMILES string of the molecule is C=C(CC)CC(C)(N)C(=C)C. The molecule has 0 aliphatic carbocycles. The van der Waals surface area contributed by atoms with Crippen LogP contribution in [-0.2, 0) is 0 Å². The Hall–Kier alpha value is -0.560. The van der Waals surface area contributed by atoms with Crippen LogP contribution in [0.15, 0.2) is 24.3 Å². The summed E-state index contributed by atoms with van der Waals surface area (Å²) in [5.74, 6) is 0. The number of rotatable bonds is 4. The van der Waals surface area contributed by atoms with Gasteiger partial charge in [-0.05, 0) is 26.7 Å². The Bertz CT molecular complexity index is 166. The van der Waals surface area contributed by atoms with Crippen molar-refractivity contribution in [2.24, 2.45) is 5.73 Å². The Labute approximate surface area is 70.0 Å². The predicted molar refractivity (Wildman–Crippen MR) is 51.5 cm³/mol. The van der Waals surface area contributed by atoms with Crippen LogP contribution in [0.2, 0.25) is 0 Å². The molecule has 1 unspecified atom stereocenters. The second-order valence-corrected chi connectivity index (χ2v) is 3.48. The van der Waals surface area contributed by atoms with E-state index in [1.54, 1.807) is 0 Å². The topological polar surface area (TPSA) is 26.0 Å². The quantitative estimate of drug-likeness (QED) is 0.617. The van der Waals surface area contributed by atoms with Gasteiger partial charge in [-0.1, -0.05) is 31.2 Å². The minimum absolute atomic E-state index is 0.271. The fourth-order valence-electron chi connectivity index (χ4n) is 0.795. The second-order valence-electron chi connectivity index (χ2n) is 3.48. The first kappa shape index (κ1) is 10.4. The van der Waals surface area contributed by atoms with Gasteiger partial charge in [-0.2, -0.15) is 0 Å². The lowest BCUT2D eigenvalue weighted by molar-refractivity contribution is 0.539. The van der Waals surface area contributed by atoms with E-state index >= 15 is 0 Å². The lowest BCUT2D eigenvalue weighted by Gasteiger charge is -2.25. The molecule has 0 aromatic heterocycles. The Kier molecular flexibility index (Phi) is 3.53. The standard InChI is InChI=1S/C10H19N/c1-6-9(4)7-10(5,11)8(2)3/h2,4,6-7,11H2,1,3,5H3. The minimum atomic E-state index is -0.271. The fourth-order valence-corrected chi connectivity index (χ4v) is 0.795. The maximum Gasteiger partial charge on any atom is 0.0372 e. The zero-order valence-electron chi connectivity index (χ0n) is 7.91. The molecule has 0 aliphatic heterocycles. The average Bonchev–Trinajstić information content (AvgIpc) is 1.86. The molecule has 0 rings (SSSR count). The molecule has 0 heterocycles. The molecular formula is C10H19N. The van der Waals surface area contributed by atoms with Gasteiger partial charge in [0.1, 0.15) is 0 Å². The third kappa shape index (κ3) is 3.38. The zero-order valence-corrected chi connectivity index (χ0v) is 7.91. The first-order valence-corrected chi connectivity index (χ1v) is 4.01. The van der Waals surface area contributed by atoms with Crippen molar-refractivity contribution in [3.63, 3.8) is 0 Å². The maximum absolute atomic E-state index is 5.98. The lowest BCUT2D eigenvalue weighted by atomic mass is 9.88. The van der Waals surface area contributed by atoms with Crippen LogP contribution in [0, 0.1) is 0 Å². The van der Waals surface area contributed by atoms with Gasteiger partial charge in [0.2, 0.25) is 0 Å². The summed E-state index contributed by atoms with van der Waals surface area (Å²) in [7, 11) is 0. The third-order valence-electron chi connectivity index (χ3n) is 2.09. The van der Waals surface area contributed by atoms with E-state index in [1.807, 2.05) is 13.8 Å². The number of hydrogen-bond donors (Lipinski definition) is 1. The molecule has 0 aromatic rings. The average molecular weight is 153 g/mol. The second kappa shape index (κ2) is 3.72. The molecule has 0 amide bonds. The van der Waals surface area contributed by atoms with Crippen LogP contribution >= 0.6 is 0 Å². The van der Waals surface area contributed by atoms with Crippen LogP contribution in [0.3, 0.4) is 0 Å². The van der Waals surface area contributed by atoms with Crippen LogP contribution in [0.5, 0.6) is 0 Å². The monoisotopic (exact) mass is 153 g/mol. The van der Waals surface area contributed by atoms with Gasteiger partial charge in [0.25, 0.3) is 0 Å². The van der Waals surface area contributed by atoms with Crippen molar-refractivity contribution in [1.29, 1.82) is 0 Å². The maximum atomic E-state index is 5.98. The van der Waals surface area contributed by atoms with Gasteiger partial charge < -0.3 is 5.73 Å². The van der Waals surface area contributed by atoms with Crippen molar-refractivity contribution < 1.29 is 0 Å². The van der Waals surface area contributed by atoms with E-state index in [0.29, 0.717) is 0 Å². The molecule has 11 heavy (non-hydrogen) atoms. The van der Waals surface area contributed by atoms with Crippen LogP contribution in [-0.4, -0.2) is 5.54 Å². The van der Waals surface area contributed by atoms with Crippen molar-refractivity contribution in [3.05, 3.63) is 24.3 Å². The summed E-state index contributed by atoms with van der Waals surface area (Å²) in [6.07, 6.45) is 1.85. The minimum Gasteiger partial charge on any atom is -0.322 e. The Balaban J connectivity index is 4.12. The molecule has 1 heteroatoms. The third-order valence-corrected chi connectivity index (χ3v) is 2.09. The van der Waals surface area contributed by atoms with E-state index in [-0.39, 0.29) is 5.54 Å². The first-order chi connectivity index (χ1) is 4.90. The molecule has 0 bridgehead atoms. The van der Waals surface area contributed by atoms with E-state index in [0.717, 1.165) is 18.4 Å². The Morgan fingerprint density at radius 2 is 1.91 bits per heavy atom. The van der Waals surface area contributed by atoms with E-state index in [2.05, 4.69) is 20.1 Å². The van der Waals surface area contributed by atoms with Gasteiger partial charge in [-0.15, -0.1) is 0 Å². The highest BCUT2D eigenvalue weighted by Gasteiger charge is 2.19. The summed E-state index contributed by atoms with van der Waals surface area (Å²) in [6.45, 7) is 13.8. The highest BCUT2D eigenvalue weighted by molar-refractivity contribution is 5.16. The van der Waals surface area contributed by atoms with E-state index in [9.17, 15) is 0 Å². The summed E-state index contributed by atoms with van der Waals surface area (Å²) in [5, 5.41) is 0. The smallest absolute Gasteiger partial charge is 0.0372 e. The van der Waals surface area contributed by atoms with Gasteiger partial charge in [-0.3, -0.25) is 0 Å². The van der Waals surface area contributed by atoms with Gasteiger partial charge in [-0.25, -0.2) is 0 Å². The van der Waals surface area contributed by atoms with Gasteiger partial charge in [0.05, 0.1) is 0 Å². The molecule has 0 saturated carbocycles. The van der Waals surface area contributed by atoms with Crippen molar-refractivity contribution in [2.75, 3.05) is 0 Å². The summed E-state index contributed by atoms with van der Waals surface area (Å²) in [4.78, 5) is 0. The molecule has 0 aromatic carbocycles. The zero-order chi connectivity index (χ0) is 9.07. The van der Waals surface area contributed by atoms with E-state index in [4.69, 9.17) is 5.73 Å². The van der Waals surface area contributed by atoms with Gasteiger partial charge >= 0.3 is 0 Å². The molecule has 0 aliphatic rings. The molecule has 0 fully saturated rings. The molecule has 64 valence electrons. The van der Waals surface area contributed by atoms with Gasteiger partial charge in [0, 0.05) is 5.54 Å². The van der Waals surface area contributed by atoms with Crippen molar-refractivity contribution in [3.8, 4) is 0 Å². The van der Waals surface area contributed by atoms with Crippen LogP contribution in [0.25, 0.3) is 0 Å². The molecule has 0 spiro atoms. The summed E-state index contributed by atoms with van der Waals surface area (Å²) in [6, 6.07) is 0. The number of nitrogens with two attached hydrogens (primary N) is 1.